The molecule has 11 nitrogen and oxygen atoms in total. The molecule has 0 aromatic heterocycles. The first-order valence-electron chi connectivity index (χ1n) is 4.62. The van der Waals surface area contributed by atoms with Gasteiger partial charge in [-0.25, -0.2) is 4.18 Å². The predicted octanol–water partition coefficient (Wildman–Crippen LogP) is -3.12. The van der Waals surface area contributed by atoms with Crippen LogP contribution in [0.5, 0.6) is 0 Å². The third-order valence-corrected chi connectivity index (χ3v) is 2.77. The second-order valence-electron chi connectivity index (χ2n) is 3.42. The highest BCUT2D eigenvalue weighted by Crippen LogP contribution is 2.05. The van der Waals surface area contributed by atoms with E-state index in [1.165, 1.54) is 4.72 Å². The van der Waals surface area contributed by atoms with Crippen molar-refractivity contribution in [2.75, 3.05) is 6.61 Å². The Morgan fingerprint density at radius 3 is 2.05 bits per heavy atom. The number of aliphatic hydroxyl groups is 2. The number of carbonyl (C=O) groups excluding carboxylic acids is 1. The molecule has 0 fully saturated rings. The van der Waals surface area contributed by atoms with Gasteiger partial charge in [-0.3, -0.25) is 9.11 Å². The largest absolute Gasteiger partial charge is 0.397 e. The third-order valence-electron chi connectivity index (χ3n) is 1.77. The number of nitrogens with one attached hydrogen (secondary N) is 1. The minimum atomic E-state index is -4.77. The number of carbonyl (C=O) groups is 1. The molecule has 0 amide bonds. The molecule has 3 atom stereocenters. The van der Waals surface area contributed by atoms with Crippen LogP contribution in [0.4, 0.5) is 0 Å². The van der Waals surface area contributed by atoms with Gasteiger partial charge < -0.3 is 15.0 Å². The molecule has 19 heavy (non-hydrogen) atoms. The van der Waals surface area contributed by atoms with E-state index in [9.17, 15) is 31.8 Å². The topological polar surface area (TPSA) is 188 Å². The molecule has 0 rings (SSSR count). The fraction of sp³-hybridized carbons (Fsp3) is 0.833. The van der Waals surface area contributed by atoms with Crippen LogP contribution in [0.1, 0.15) is 6.42 Å². The minimum absolute atomic E-state index is 0.0329. The number of aliphatic hydroxyl groups excluding tert-OH is 2. The summed E-state index contributed by atoms with van der Waals surface area (Å²) in [7, 11) is -9.51. The maximum atomic E-state index is 10.5. The van der Waals surface area contributed by atoms with E-state index >= 15 is 0 Å². The van der Waals surface area contributed by atoms with Crippen LogP contribution in [0.15, 0.2) is 0 Å². The molecule has 0 heterocycles. The van der Waals surface area contributed by atoms with Gasteiger partial charge in [0.15, 0.2) is 0 Å². The summed E-state index contributed by atoms with van der Waals surface area (Å²) in [5.74, 6) is 0. The standard InChI is InChI=1S/C6H13NO10S2/c8-2-5(7-18(11,12)13)6(10)1-4(9)3-17-19(14,15)16/h2,4-7,9-10H,1,3H2,(H,11,12,13)(H,14,15,16). The third kappa shape index (κ3) is 9.85. The number of hydrogen-bond donors (Lipinski definition) is 5. The molecule has 0 radical (unpaired) electrons. The van der Waals surface area contributed by atoms with Crippen molar-refractivity contribution in [2.45, 2.75) is 24.7 Å². The molecule has 0 bridgehead atoms. The van der Waals surface area contributed by atoms with Gasteiger partial charge in [-0.15, -0.1) is 0 Å². The maximum Gasteiger partial charge on any atom is 0.397 e. The molecule has 0 aliphatic heterocycles. The molecule has 3 unspecified atom stereocenters. The van der Waals surface area contributed by atoms with E-state index in [4.69, 9.17) is 9.11 Å². The van der Waals surface area contributed by atoms with Crippen molar-refractivity contribution < 1.29 is 45.1 Å². The number of hydrogen-bond acceptors (Lipinski definition) is 8. The Hall–Kier alpha value is -0.670. The van der Waals surface area contributed by atoms with Gasteiger partial charge in [-0.05, 0) is 0 Å². The van der Waals surface area contributed by atoms with Crippen LogP contribution in [0, 0.1) is 0 Å². The molecule has 114 valence electrons. The first-order valence-corrected chi connectivity index (χ1v) is 7.43. The van der Waals surface area contributed by atoms with Crippen LogP contribution in [-0.2, 0) is 29.7 Å². The number of rotatable bonds is 9. The Balaban J connectivity index is 4.41. The second-order valence-corrected chi connectivity index (χ2v) is 5.70. The average molecular weight is 323 g/mol. The fourth-order valence-electron chi connectivity index (χ4n) is 1.03. The maximum absolute atomic E-state index is 10.5. The lowest BCUT2D eigenvalue weighted by molar-refractivity contribution is -0.112. The SMILES string of the molecule is O=CC(NS(=O)(=O)O)C(O)CC(O)COS(=O)(=O)O. The summed E-state index contributed by atoms with van der Waals surface area (Å²) < 4.78 is 63.0. The highest BCUT2D eigenvalue weighted by Gasteiger charge is 2.26. The van der Waals surface area contributed by atoms with E-state index in [-0.39, 0.29) is 6.29 Å². The van der Waals surface area contributed by atoms with Crippen LogP contribution in [0.3, 0.4) is 0 Å². The van der Waals surface area contributed by atoms with Gasteiger partial charge >= 0.3 is 20.7 Å². The summed E-state index contributed by atoms with van der Waals surface area (Å²) >= 11 is 0. The Morgan fingerprint density at radius 1 is 1.16 bits per heavy atom. The highest BCUT2D eigenvalue weighted by molar-refractivity contribution is 7.83. The first-order chi connectivity index (χ1) is 8.44. The molecular formula is C6H13NO10S2. The lowest BCUT2D eigenvalue weighted by atomic mass is 10.1. The fourth-order valence-corrected chi connectivity index (χ4v) is 1.91. The Bertz CT molecular complexity index is 484. The molecule has 0 aromatic carbocycles. The Kier molecular flexibility index (Phi) is 6.95. The molecule has 0 saturated heterocycles. The summed E-state index contributed by atoms with van der Waals surface area (Å²) in [6.07, 6.45) is -4.04. The predicted molar refractivity (Wildman–Crippen MR) is 58.7 cm³/mol. The van der Waals surface area contributed by atoms with Crippen LogP contribution in [-0.4, -0.2) is 67.3 Å². The summed E-state index contributed by atoms with van der Waals surface area (Å²) in [6.45, 7) is -0.909. The monoisotopic (exact) mass is 323 g/mol. The Morgan fingerprint density at radius 2 is 1.68 bits per heavy atom. The van der Waals surface area contributed by atoms with Crippen LogP contribution >= 0.6 is 0 Å². The van der Waals surface area contributed by atoms with Gasteiger partial charge in [0.1, 0.15) is 12.3 Å². The zero-order chi connectivity index (χ0) is 15.3. The lowest BCUT2D eigenvalue weighted by Crippen LogP contribution is -2.45. The van der Waals surface area contributed by atoms with E-state index in [2.05, 4.69) is 4.18 Å². The van der Waals surface area contributed by atoms with Gasteiger partial charge in [-0.2, -0.15) is 21.6 Å². The summed E-state index contributed by atoms with van der Waals surface area (Å²) in [6, 6.07) is -1.74. The van der Waals surface area contributed by atoms with E-state index in [0.29, 0.717) is 0 Å². The number of aldehydes is 1. The van der Waals surface area contributed by atoms with Gasteiger partial charge in [0.25, 0.3) is 0 Å². The molecule has 13 heteroatoms. The second kappa shape index (κ2) is 7.20. The van der Waals surface area contributed by atoms with Crippen molar-refractivity contribution in [1.82, 2.24) is 4.72 Å². The molecular weight excluding hydrogens is 310 g/mol. The minimum Gasteiger partial charge on any atom is -0.391 e. The van der Waals surface area contributed by atoms with Crippen LogP contribution in [0.2, 0.25) is 0 Å². The van der Waals surface area contributed by atoms with Crippen molar-refractivity contribution in [3.8, 4) is 0 Å². The van der Waals surface area contributed by atoms with E-state index < -0.39 is 52.0 Å². The Labute approximate surface area is 109 Å². The van der Waals surface area contributed by atoms with E-state index in [1.807, 2.05) is 0 Å². The normalized spacial score (nSPS) is 17.7. The molecule has 0 aliphatic carbocycles. The summed E-state index contributed by atoms with van der Waals surface area (Å²) in [5.41, 5.74) is 0. The van der Waals surface area contributed by atoms with Gasteiger partial charge in [0.2, 0.25) is 0 Å². The van der Waals surface area contributed by atoms with Crippen molar-refractivity contribution >= 4 is 27.0 Å². The van der Waals surface area contributed by atoms with Gasteiger partial charge in [-0.1, -0.05) is 0 Å². The van der Waals surface area contributed by atoms with E-state index in [1.54, 1.807) is 0 Å². The van der Waals surface area contributed by atoms with Crippen LogP contribution in [0.25, 0.3) is 0 Å². The smallest absolute Gasteiger partial charge is 0.391 e. The molecule has 0 aromatic rings. The van der Waals surface area contributed by atoms with Crippen molar-refractivity contribution in [2.24, 2.45) is 0 Å². The first kappa shape index (κ1) is 18.3. The van der Waals surface area contributed by atoms with Crippen molar-refractivity contribution in [3.05, 3.63) is 0 Å². The molecule has 0 aliphatic rings. The van der Waals surface area contributed by atoms with Crippen molar-refractivity contribution in [3.63, 3.8) is 0 Å². The quantitative estimate of drug-likeness (QED) is 0.214. The van der Waals surface area contributed by atoms with E-state index in [0.717, 1.165) is 0 Å². The van der Waals surface area contributed by atoms with Gasteiger partial charge in [0.05, 0.1) is 18.8 Å². The highest BCUT2D eigenvalue weighted by atomic mass is 32.3. The van der Waals surface area contributed by atoms with Crippen LogP contribution < -0.4 is 4.72 Å². The zero-order valence-corrected chi connectivity index (χ0v) is 10.9. The molecule has 0 spiro atoms. The van der Waals surface area contributed by atoms with Gasteiger partial charge in [0, 0.05) is 6.42 Å². The zero-order valence-electron chi connectivity index (χ0n) is 9.28. The molecule has 5 N–H and O–H groups in total. The lowest BCUT2D eigenvalue weighted by Gasteiger charge is -2.19. The average Bonchev–Trinajstić information content (AvgIpc) is 2.20. The summed E-state index contributed by atoms with van der Waals surface area (Å²) in [5, 5.41) is 18.6. The summed E-state index contributed by atoms with van der Waals surface area (Å²) in [4.78, 5) is 10.5. The molecule has 0 saturated carbocycles. The van der Waals surface area contributed by atoms with Crippen molar-refractivity contribution in [1.29, 1.82) is 0 Å².